The number of rotatable bonds is 9. The largest absolute Gasteiger partial charge is 0.302 e. The summed E-state index contributed by atoms with van der Waals surface area (Å²) in [6.45, 7) is 6.97. The summed E-state index contributed by atoms with van der Waals surface area (Å²) >= 11 is 1.30. The summed E-state index contributed by atoms with van der Waals surface area (Å²) in [6.07, 6.45) is 0. The first kappa shape index (κ1) is 26.5. The molecule has 1 aromatic heterocycles. The van der Waals surface area contributed by atoms with Gasteiger partial charge in [-0.1, -0.05) is 73.7 Å². The van der Waals surface area contributed by atoms with E-state index in [0.29, 0.717) is 39.6 Å². The number of aromatic nitrogens is 1. The Balaban J connectivity index is 0.00000342. The number of para-hydroxylation sites is 1. The van der Waals surface area contributed by atoms with Crippen LogP contribution >= 0.6 is 23.7 Å². The van der Waals surface area contributed by atoms with Gasteiger partial charge >= 0.3 is 0 Å². The van der Waals surface area contributed by atoms with E-state index < -0.39 is 5.82 Å². The van der Waals surface area contributed by atoms with E-state index in [4.69, 9.17) is 0 Å². The summed E-state index contributed by atoms with van der Waals surface area (Å²) in [6, 6.07) is 20.5. The maximum Gasteiger partial charge on any atom is 0.260 e. The molecule has 0 saturated heterocycles. The fourth-order valence-corrected chi connectivity index (χ4v) is 4.76. The molecule has 182 valence electrons. The first-order valence-electron chi connectivity index (χ1n) is 11.3. The molecule has 4 aromatic rings. The number of hydrogen-bond donors (Lipinski definition) is 0. The molecule has 0 spiro atoms. The summed E-state index contributed by atoms with van der Waals surface area (Å²) in [5.74, 6) is -0.732. The molecule has 1 amide bonds. The molecule has 35 heavy (non-hydrogen) atoms. The highest BCUT2D eigenvalue weighted by atomic mass is 35.5. The Hall–Kier alpha value is -3.13. The Kier molecular flexibility index (Phi) is 9.09. The van der Waals surface area contributed by atoms with Crippen molar-refractivity contribution in [3.63, 3.8) is 0 Å². The minimum atomic E-state index is -0.403. The maximum absolute atomic E-state index is 14.3. The molecule has 5 nitrogen and oxygen atoms in total. The van der Waals surface area contributed by atoms with Gasteiger partial charge in [0.2, 0.25) is 0 Å². The molecular formula is C27H27ClFN3O2S. The third-order valence-electron chi connectivity index (χ3n) is 5.80. The highest BCUT2D eigenvalue weighted by Gasteiger charge is 2.23. The quantitative estimate of drug-likeness (QED) is 0.256. The Bertz CT molecular complexity index is 1290. The van der Waals surface area contributed by atoms with Crippen molar-refractivity contribution in [1.29, 1.82) is 0 Å². The third kappa shape index (κ3) is 5.93. The number of anilines is 1. The van der Waals surface area contributed by atoms with Crippen molar-refractivity contribution < 1.29 is 14.0 Å². The molecule has 0 bridgehead atoms. The zero-order valence-corrected chi connectivity index (χ0v) is 21.2. The van der Waals surface area contributed by atoms with Gasteiger partial charge in [0.1, 0.15) is 11.3 Å². The normalized spacial score (nSPS) is 10.9. The van der Waals surface area contributed by atoms with E-state index in [1.807, 2.05) is 18.2 Å². The molecule has 1 heterocycles. The van der Waals surface area contributed by atoms with Gasteiger partial charge in [-0.25, -0.2) is 9.37 Å². The number of likely N-dealkylation sites (N-methyl/N-ethyl adjacent to an activating group) is 1. The van der Waals surface area contributed by atoms with Crippen molar-refractivity contribution >= 4 is 50.8 Å². The Morgan fingerprint density at radius 1 is 0.829 bits per heavy atom. The number of halogens is 2. The molecule has 0 aliphatic heterocycles. The second kappa shape index (κ2) is 12.0. The van der Waals surface area contributed by atoms with Crippen LogP contribution in [0.1, 0.15) is 40.1 Å². The van der Waals surface area contributed by atoms with Crippen LogP contribution in [-0.4, -0.2) is 47.8 Å². The number of carbonyl (C=O) groups is 2. The number of hydrogen-bond acceptors (Lipinski definition) is 5. The standard InChI is InChI=1S/C27H26FN3O2S.ClH/c1-3-30(4-2)17-18-31(27-29-24-22(28)11-8-12-23(24)34-27)26(33)21-15-13-20(14-16-21)25(32)19-9-6-5-7-10-19;/h5-16H,3-4,17-18H2,1-2H3;1H. The van der Waals surface area contributed by atoms with E-state index in [1.54, 1.807) is 53.4 Å². The van der Waals surface area contributed by atoms with Crippen molar-refractivity contribution in [3.8, 4) is 0 Å². The van der Waals surface area contributed by atoms with Gasteiger partial charge in [0, 0.05) is 29.8 Å². The molecule has 0 aliphatic rings. The lowest BCUT2D eigenvalue weighted by Crippen LogP contribution is -2.38. The van der Waals surface area contributed by atoms with Gasteiger partial charge in [0.05, 0.1) is 4.70 Å². The van der Waals surface area contributed by atoms with Crippen molar-refractivity contribution in [2.24, 2.45) is 0 Å². The molecule has 0 unspecified atom stereocenters. The minimum Gasteiger partial charge on any atom is -0.302 e. The van der Waals surface area contributed by atoms with E-state index in [0.717, 1.165) is 13.1 Å². The van der Waals surface area contributed by atoms with Crippen LogP contribution in [-0.2, 0) is 0 Å². The number of carbonyl (C=O) groups excluding carboxylic acids is 2. The maximum atomic E-state index is 14.3. The Morgan fingerprint density at radius 3 is 2.09 bits per heavy atom. The highest BCUT2D eigenvalue weighted by Crippen LogP contribution is 2.31. The van der Waals surface area contributed by atoms with Crippen molar-refractivity contribution in [2.45, 2.75) is 13.8 Å². The van der Waals surface area contributed by atoms with Crippen LogP contribution in [0.25, 0.3) is 10.2 Å². The van der Waals surface area contributed by atoms with Gasteiger partial charge in [-0.05, 0) is 37.4 Å². The van der Waals surface area contributed by atoms with Crippen LogP contribution in [0.4, 0.5) is 9.52 Å². The third-order valence-corrected chi connectivity index (χ3v) is 6.84. The lowest BCUT2D eigenvalue weighted by atomic mass is 10.0. The van der Waals surface area contributed by atoms with Crippen LogP contribution in [0, 0.1) is 5.82 Å². The van der Waals surface area contributed by atoms with Crippen LogP contribution < -0.4 is 4.90 Å². The van der Waals surface area contributed by atoms with E-state index in [2.05, 4.69) is 23.7 Å². The zero-order chi connectivity index (χ0) is 24.1. The molecule has 0 saturated carbocycles. The fraction of sp³-hybridized carbons (Fsp3) is 0.222. The summed E-state index contributed by atoms with van der Waals surface area (Å²) < 4.78 is 15.0. The SMILES string of the molecule is CCN(CC)CCN(C(=O)c1ccc(C(=O)c2ccccc2)cc1)c1nc2c(F)cccc2s1.Cl. The molecule has 0 fully saturated rings. The van der Waals surface area contributed by atoms with E-state index >= 15 is 0 Å². The smallest absolute Gasteiger partial charge is 0.260 e. The number of nitrogens with zero attached hydrogens (tertiary/aromatic N) is 3. The summed E-state index contributed by atoms with van der Waals surface area (Å²) in [5, 5.41) is 0.460. The average Bonchev–Trinajstić information content (AvgIpc) is 3.32. The minimum absolute atomic E-state index is 0. The lowest BCUT2D eigenvalue weighted by Gasteiger charge is -2.24. The average molecular weight is 512 g/mol. The molecular weight excluding hydrogens is 485 g/mol. The first-order chi connectivity index (χ1) is 16.5. The highest BCUT2D eigenvalue weighted by molar-refractivity contribution is 7.22. The molecule has 0 N–H and O–H groups in total. The van der Waals surface area contributed by atoms with E-state index in [9.17, 15) is 14.0 Å². The number of amides is 1. The van der Waals surface area contributed by atoms with Crippen molar-refractivity contribution in [3.05, 3.63) is 95.3 Å². The van der Waals surface area contributed by atoms with Crippen LogP contribution in [0.15, 0.2) is 72.8 Å². The molecule has 8 heteroatoms. The number of benzene rings is 3. The first-order valence-corrected chi connectivity index (χ1v) is 12.1. The summed E-state index contributed by atoms with van der Waals surface area (Å²) in [4.78, 5) is 34.5. The second-order valence-electron chi connectivity index (χ2n) is 7.84. The Morgan fingerprint density at radius 2 is 1.46 bits per heavy atom. The monoisotopic (exact) mass is 511 g/mol. The lowest BCUT2D eigenvalue weighted by molar-refractivity contribution is 0.0981. The number of thiazole rings is 1. The number of ketones is 1. The molecule has 0 atom stereocenters. The summed E-state index contributed by atoms with van der Waals surface area (Å²) in [7, 11) is 0. The van der Waals surface area contributed by atoms with Gasteiger partial charge in [0.15, 0.2) is 10.9 Å². The van der Waals surface area contributed by atoms with Gasteiger partial charge in [-0.3, -0.25) is 14.5 Å². The predicted molar refractivity (Wildman–Crippen MR) is 143 cm³/mol. The number of fused-ring (bicyclic) bond motifs is 1. The van der Waals surface area contributed by atoms with Crippen LogP contribution in [0.3, 0.4) is 0 Å². The topological polar surface area (TPSA) is 53.5 Å². The molecule has 0 radical (unpaired) electrons. The van der Waals surface area contributed by atoms with Crippen molar-refractivity contribution in [1.82, 2.24) is 9.88 Å². The fourth-order valence-electron chi connectivity index (χ4n) is 3.76. The Labute approximate surface area is 214 Å². The van der Waals surface area contributed by atoms with Gasteiger partial charge in [-0.2, -0.15) is 0 Å². The van der Waals surface area contributed by atoms with Gasteiger partial charge in [-0.15, -0.1) is 12.4 Å². The summed E-state index contributed by atoms with van der Waals surface area (Å²) in [5.41, 5.74) is 1.83. The van der Waals surface area contributed by atoms with Crippen molar-refractivity contribution in [2.75, 3.05) is 31.1 Å². The molecule has 0 aliphatic carbocycles. The van der Waals surface area contributed by atoms with Gasteiger partial charge in [0.25, 0.3) is 5.91 Å². The molecule has 4 rings (SSSR count). The van der Waals surface area contributed by atoms with Crippen LogP contribution in [0.5, 0.6) is 0 Å². The van der Waals surface area contributed by atoms with E-state index in [1.165, 1.54) is 17.4 Å². The van der Waals surface area contributed by atoms with Crippen LogP contribution in [0.2, 0.25) is 0 Å². The predicted octanol–water partition coefficient (Wildman–Crippen LogP) is 6.08. The zero-order valence-electron chi connectivity index (χ0n) is 19.6. The molecule has 3 aromatic carbocycles. The van der Waals surface area contributed by atoms with E-state index in [-0.39, 0.29) is 29.6 Å². The second-order valence-corrected chi connectivity index (χ2v) is 8.85. The van der Waals surface area contributed by atoms with Gasteiger partial charge < -0.3 is 4.90 Å².